The maximum Gasteiger partial charge on any atom is 0.159 e. The molecular weight excluding hydrogens is 400 g/mol. The first kappa shape index (κ1) is 23.8. The van der Waals surface area contributed by atoms with E-state index in [0.717, 1.165) is 18.8 Å². The molecule has 1 aromatic rings. The van der Waals surface area contributed by atoms with Crippen molar-refractivity contribution in [2.75, 3.05) is 0 Å². The van der Waals surface area contributed by atoms with Gasteiger partial charge in [0.25, 0.3) is 0 Å². The number of fused-ring (bicyclic) bond motifs is 5. The highest BCUT2D eigenvalue weighted by molar-refractivity contribution is 7.10. The van der Waals surface area contributed by atoms with Gasteiger partial charge in [0.2, 0.25) is 0 Å². The third kappa shape index (κ3) is 4.80. The summed E-state index contributed by atoms with van der Waals surface area (Å²) in [6, 6.07) is 4.42. The van der Waals surface area contributed by atoms with Crippen LogP contribution in [0.4, 0.5) is 0 Å². The zero-order valence-electron chi connectivity index (χ0n) is 20.5. The molecule has 176 valence electrons. The van der Waals surface area contributed by atoms with E-state index in [4.69, 9.17) is 9.47 Å². The monoisotopic (exact) mass is 446 g/mol. The van der Waals surface area contributed by atoms with Gasteiger partial charge in [0, 0.05) is 11.3 Å². The van der Waals surface area contributed by atoms with Crippen molar-refractivity contribution in [2.24, 2.45) is 22.7 Å². The third-order valence-corrected chi connectivity index (χ3v) is 10.4. The molecule has 6 atom stereocenters. The van der Waals surface area contributed by atoms with Crippen molar-refractivity contribution in [3.8, 4) is 0 Å². The number of thiophene rings is 1. The molecule has 2 saturated carbocycles. The fourth-order valence-corrected chi connectivity index (χ4v) is 7.94. The smallest absolute Gasteiger partial charge is 0.159 e. The molecule has 31 heavy (non-hydrogen) atoms. The van der Waals surface area contributed by atoms with E-state index in [9.17, 15) is 0 Å². The van der Waals surface area contributed by atoms with Crippen LogP contribution < -0.4 is 0 Å². The maximum atomic E-state index is 6.69. The summed E-state index contributed by atoms with van der Waals surface area (Å²) in [5.41, 5.74) is 0.743. The highest BCUT2D eigenvalue weighted by Crippen LogP contribution is 2.71. The Morgan fingerprint density at radius 2 is 1.77 bits per heavy atom. The zero-order chi connectivity index (χ0) is 21.9. The number of hydrogen-bond donors (Lipinski definition) is 0. The summed E-state index contributed by atoms with van der Waals surface area (Å²) >= 11 is 1.85. The summed E-state index contributed by atoms with van der Waals surface area (Å²) in [5.74, 6) is 1.52. The van der Waals surface area contributed by atoms with E-state index in [1.165, 1.54) is 75.5 Å². The molecule has 0 spiro atoms. The van der Waals surface area contributed by atoms with Gasteiger partial charge < -0.3 is 9.47 Å². The molecule has 0 unspecified atom stereocenters. The Labute approximate surface area is 195 Å². The molecule has 3 heteroatoms. The first-order chi connectivity index (χ1) is 15.0. The summed E-state index contributed by atoms with van der Waals surface area (Å²) in [5, 5.41) is 2.19. The first-order valence-corrected chi connectivity index (χ1v) is 14.2. The fraction of sp³-hybridized carbons (Fsp3) is 0.857. The van der Waals surface area contributed by atoms with Gasteiger partial charge in [-0.3, -0.25) is 0 Å². The average molecular weight is 447 g/mol. The Balaban J connectivity index is 1.24. The molecule has 3 aliphatic rings. The molecule has 0 aromatic carbocycles. The van der Waals surface area contributed by atoms with Gasteiger partial charge in [0.15, 0.2) is 6.29 Å². The Morgan fingerprint density at radius 3 is 2.42 bits per heavy atom. The lowest BCUT2D eigenvalue weighted by atomic mass is 9.70. The van der Waals surface area contributed by atoms with Gasteiger partial charge in [-0.25, -0.2) is 0 Å². The van der Waals surface area contributed by atoms with Crippen LogP contribution in [0.25, 0.3) is 0 Å². The fourth-order valence-electron chi connectivity index (χ4n) is 7.15. The van der Waals surface area contributed by atoms with Gasteiger partial charge in [-0.2, -0.15) is 0 Å². The molecule has 0 amide bonds. The van der Waals surface area contributed by atoms with E-state index in [1.54, 1.807) is 0 Å². The van der Waals surface area contributed by atoms with Crippen LogP contribution in [0, 0.1) is 22.7 Å². The number of ether oxygens (including phenoxy) is 2. The van der Waals surface area contributed by atoms with Gasteiger partial charge in [0.1, 0.15) is 0 Å². The second kappa shape index (κ2) is 10.3. The van der Waals surface area contributed by atoms with Crippen LogP contribution in [0.1, 0.15) is 122 Å². The van der Waals surface area contributed by atoms with Gasteiger partial charge in [-0.1, -0.05) is 91.5 Å². The Morgan fingerprint density at radius 1 is 1.06 bits per heavy atom. The van der Waals surface area contributed by atoms with E-state index in [-0.39, 0.29) is 12.4 Å². The molecule has 1 aliphatic heterocycles. The maximum absolute atomic E-state index is 6.69. The van der Waals surface area contributed by atoms with Gasteiger partial charge >= 0.3 is 0 Å². The zero-order valence-corrected chi connectivity index (χ0v) is 21.4. The molecule has 1 saturated heterocycles. The summed E-state index contributed by atoms with van der Waals surface area (Å²) in [6.07, 6.45) is 18.0. The average Bonchev–Trinajstić information content (AvgIpc) is 3.48. The van der Waals surface area contributed by atoms with Crippen molar-refractivity contribution in [1.82, 2.24) is 0 Å². The summed E-state index contributed by atoms with van der Waals surface area (Å²) in [4.78, 5) is 1.38. The largest absolute Gasteiger partial charge is 0.349 e. The number of rotatable bonds is 13. The van der Waals surface area contributed by atoms with Crippen LogP contribution in [-0.2, 0) is 9.47 Å². The molecule has 0 radical (unpaired) electrons. The van der Waals surface area contributed by atoms with Crippen LogP contribution in [0.2, 0.25) is 0 Å². The van der Waals surface area contributed by atoms with E-state index >= 15 is 0 Å². The topological polar surface area (TPSA) is 18.5 Å². The minimum atomic E-state index is -0.00306. The predicted molar refractivity (Wildman–Crippen MR) is 131 cm³/mol. The highest BCUT2D eigenvalue weighted by Gasteiger charge is 2.69. The lowest BCUT2D eigenvalue weighted by Gasteiger charge is -2.39. The number of unbranched alkanes of at least 4 members (excludes halogenated alkanes) is 8. The third-order valence-electron chi connectivity index (χ3n) is 9.42. The SMILES string of the molecule is CCCCCCCCCCC[C@@H](O[C@@H]1C[C@H]2[C@H]3CC[C@@](C)([C@H]2O1)C3(C)C)c1cccs1. The molecular formula is C28H46O2S. The molecule has 2 aliphatic carbocycles. The van der Waals surface area contributed by atoms with Crippen molar-refractivity contribution in [1.29, 1.82) is 0 Å². The van der Waals surface area contributed by atoms with E-state index < -0.39 is 0 Å². The van der Waals surface area contributed by atoms with E-state index in [2.05, 4.69) is 45.2 Å². The second-order valence-electron chi connectivity index (χ2n) is 11.4. The minimum absolute atomic E-state index is 0.00306. The Hall–Kier alpha value is -0.380. The molecule has 4 rings (SSSR count). The molecule has 1 aromatic heterocycles. The van der Waals surface area contributed by atoms with Gasteiger partial charge in [0.05, 0.1) is 12.2 Å². The van der Waals surface area contributed by atoms with Crippen LogP contribution in [-0.4, -0.2) is 12.4 Å². The molecule has 2 nitrogen and oxygen atoms in total. The van der Waals surface area contributed by atoms with Crippen molar-refractivity contribution >= 4 is 11.3 Å². The van der Waals surface area contributed by atoms with Gasteiger partial charge in [-0.15, -0.1) is 11.3 Å². The highest BCUT2D eigenvalue weighted by atomic mass is 32.1. The minimum Gasteiger partial charge on any atom is -0.349 e. The van der Waals surface area contributed by atoms with Gasteiger partial charge in [-0.05, 0) is 53.4 Å². The first-order valence-electron chi connectivity index (χ1n) is 13.3. The van der Waals surface area contributed by atoms with Crippen molar-refractivity contribution < 1.29 is 9.47 Å². The summed E-state index contributed by atoms with van der Waals surface area (Å²) < 4.78 is 13.4. The molecule has 2 bridgehead atoms. The lowest BCUT2D eigenvalue weighted by molar-refractivity contribution is -0.188. The molecule has 3 fully saturated rings. The van der Waals surface area contributed by atoms with Crippen molar-refractivity contribution in [2.45, 2.75) is 130 Å². The lowest BCUT2D eigenvalue weighted by Crippen LogP contribution is -2.38. The van der Waals surface area contributed by atoms with E-state index in [1.807, 2.05) is 11.3 Å². The van der Waals surface area contributed by atoms with Crippen LogP contribution >= 0.6 is 11.3 Å². The Bertz CT molecular complexity index is 669. The summed E-state index contributed by atoms with van der Waals surface area (Å²) in [6.45, 7) is 9.75. The molecule has 2 heterocycles. The summed E-state index contributed by atoms with van der Waals surface area (Å²) in [7, 11) is 0. The van der Waals surface area contributed by atoms with Crippen molar-refractivity contribution in [3.05, 3.63) is 22.4 Å². The van der Waals surface area contributed by atoms with Crippen LogP contribution in [0.5, 0.6) is 0 Å². The number of hydrogen-bond acceptors (Lipinski definition) is 3. The quantitative estimate of drug-likeness (QED) is 0.282. The standard InChI is InChI=1S/C28H46O2S/c1-5-6-7-8-9-10-11-12-13-15-23(24-16-14-19-31-24)29-25-20-21-22-17-18-28(4,26(21)30-25)27(22,2)3/h14,16,19,21-23,25-26H,5-13,15,17-18,20H2,1-4H3/t21-,22+,23+,25-,26-,28-/m0/s1. The Kier molecular flexibility index (Phi) is 7.87. The second-order valence-corrected chi connectivity index (χ2v) is 12.4. The molecule has 0 N–H and O–H groups in total. The van der Waals surface area contributed by atoms with Crippen LogP contribution in [0.3, 0.4) is 0 Å². The van der Waals surface area contributed by atoms with E-state index in [0.29, 0.717) is 22.9 Å². The van der Waals surface area contributed by atoms with Crippen molar-refractivity contribution in [3.63, 3.8) is 0 Å². The predicted octanol–water partition coefficient (Wildman–Crippen LogP) is 8.91. The normalized spacial score (nSPS) is 34.3. The van der Waals surface area contributed by atoms with Crippen LogP contribution in [0.15, 0.2) is 17.5 Å².